The lowest BCUT2D eigenvalue weighted by Gasteiger charge is -2.17. The molecule has 1 aromatic rings. The Labute approximate surface area is 119 Å². The summed E-state index contributed by atoms with van der Waals surface area (Å²) in [6.45, 7) is 0. The molecular formula is C16H20N2O2. The SMILES string of the molecule is CN(C)C(=O)c1ccc(NC(=O)C2CC=CCC2)cc1. The highest BCUT2D eigenvalue weighted by Gasteiger charge is 2.18. The molecule has 20 heavy (non-hydrogen) atoms. The Kier molecular flexibility index (Phi) is 4.56. The van der Waals surface area contributed by atoms with E-state index in [0.29, 0.717) is 5.56 Å². The molecule has 0 saturated heterocycles. The van der Waals surface area contributed by atoms with Crippen LogP contribution in [0.4, 0.5) is 5.69 Å². The quantitative estimate of drug-likeness (QED) is 0.860. The summed E-state index contributed by atoms with van der Waals surface area (Å²) < 4.78 is 0. The van der Waals surface area contributed by atoms with Crippen LogP contribution in [0.1, 0.15) is 29.6 Å². The van der Waals surface area contributed by atoms with Crippen LogP contribution in [0.5, 0.6) is 0 Å². The third-order valence-corrected chi connectivity index (χ3v) is 3.45. The zero-order chi connectivity index (χ0) is 14.5. The predicted molar refractivity (Wildman–Crippen MR) is 79.6 cm³/mol. The van der Waals surface area contributed by atoms with E-state index in [2.05, 4.69) is 17.5 Å². The van der Waals surface area contributed by atoms with E-state index < -0.39 is 0 Å². The Bertz CT molecular complexity index is 518. The third kappa shape index (κ3) is 3.47. The zero-order valence-electron chi connectivity index (χ0n) is 11.9. The van der Waals surface area contributed by atoms with E-state index in [-0.39, 0.29) is 17.7 Å². The molecule has 1 N–H and O–H groups in total. The molecule has 1 atom stereocenters. The molecule has 0 saturated carbocycles. The lowest BCUT2D eigenvalue weighted by molar-refractivity contribution is -0.120. The fourth-order valence-electron chi connectivity index (χ4n) is 2.23. The van der Waals surface area contributed by atoms with E-state index in [4.69, 9.17) is 0 Å². The maximum atomic E-state index is 12.1. The Balaban J connectivity index is 1.98. The number of nitrogens with zero attached hydrogens (tertiary/aromatic N) is 1. The maximum absolute atomic E-state index is 12.1. The monoisotopic (exact) mass is 272 g/mol. The minimum Gasteiger partial charge on any atom is -0.345 e. The van der Waals surface area contributed by atoms with Crippen LogP contribution in [-0.2, 0) is 4.79 Å². The Morgan fingerprint density at radius 2 is 1.85 bits per heavy atom. The van der Waals surface area contributed by atoms with Crippen LogP contribution in [0.25, 0.3) is 0 Å². The lowest BCUT2D eigenvalue weighted by atomic mass is 9.93. The van der Waals surface area contributed by atoms with Crippen molar-refractivity contribution in [2.24, 2.45) is 5.92 Å². The average Bonchev–Trinajstić information content (AvgIpc) is 2.48. The summed E-state index contributed by atoms with van der Waals surface area (Å²) in [6.07, 6.45) is 6.86. The topological polar surface area (TPSA) is 49.4 Å². The molecule has 0 heterocycles. The number of hydrogen-bond acceptors (Lipinski definition) is 2. The fourth-order valence-corrected chi connectivity index (χ4v) is 2.23. The van der Waals surface area contributed by atoms with Crippen LogP contribution in [0.3, 0.4) is 0 Å². The molecule has 4 nitrogen and oxygen atoms in total. The van der Waals surface area contributed by atoms with Crippen molar-refractivity contribution in [1.29, 1.82) is 0 Å². The number of amides is 2. The molecular weight excluding hydrogens is 252 g/mol. The fraction of sp³-hybridized carbons (Fsp3) is 0.375. The predicted octanol–water partition coefficient (Wildman–Crippen LogP) is 2.68. The molecule has 106 valence electrons. The summed E-state index contributed by atoms with van der Waals surface area (Å²) in [5.41, 5.74) is 1.36. The first kappa shape index (κ1) is 14.3. The van der Waals surface area contributed by atoms with Crippen LogP contribution in [-0.4, -0.2) is 30.8 Å². The van der Waals surface area contributed by atoms with Gasteiger partial charge in [0.05, 0.1) is 0 Å². The maximum Gasteiger partial charge on any atom is 0.253 e. The van der Waals surface area contributed by atoms with Gasteiger partial charge in [-0.3, -0.25) is 9.59 Å². The standard InChI is InChI=1S/C16H20N2O2/c1-18(2)16(20)13-8-10-14(11-9-13)17-15(19)12-6-4-3-5-7-12/h3-4,8-12H,5-7H2,1-2H3,(H,17,19). The van der Waals surface area contributed by atoms with Crippen molar-refractivity contribution in [2.75, 3.05) is 19.4 Å². The number of allylic oxidation sites excluding steroid dienone is 2. The van der Waals surface area contributed by atoms with E-state index in [9.17, 15) is 9.59 Å². The minimum absolute atomic E-state index is 0.0414. The highest BCUT2D eigenvalue weighted by atomic mass is 16.2. The lowest BCUT2D eigenvalue weighted by Crippen LogP contribution is -2.24. The molecule has 0 fully saturated rings. The highest BCUT2D eigenvalue weighted by Crippen LogP contribution is 2.20. The van der Waals surface area contributed by atoms with Crippen LogP contribution in [0, 0.1) is 5.92 Å². The average molecular weight is 272 g/mol. The van der Waals surface area contributed by atoms with Crippen molar-refractivity contribution in [3.8, 4) is 0 Å². The summed E-state index contributed by atoms with van der Waals surface area (Å²) in [5, 5.41) is 2.91. The molecule has 1 aliphatic carbocycles. The molecule has 2 rings (SSSR count). The number of carbonyl (C=O) groups is 2. The second kappa shape index (κ2) is 6.37. The van der Waals surface area contributed by atoms with Crippen LogP contribution in [0.2, 0.25) is 0 Å². The molecule has 1 unspecified atom stereocenters. The van der Waals surface area contributed by atoms with Gasteiger partial charge < -0.3 is 10.2 Å². The number of anilines is 1. The first-order chi connectivity index (χ1) is 9.58. The van der Waals surface area contributed by atoms with Gasteiger partial charge in [-0.25, -0.2) is 0 Å². The summed E-state index contributed by atoms with van der Waals surface area (Å²) in [6, 6.07) is 7.01. The van der Waals surface area contributed by atoms with Crippen molar-refractivity contribution < 1.29 is 9.59 Å². The van der Waals surface area contributed by atoms with Gasteiger partial charge >= 0.3 is 0 Å². The smallest absolute Gasteiger partial charge is 0.253 e. The summed E-state index contributed by atoms with van der Waals surface area (Å²) in [4.78, 5) is 25.4. The number of nitrogens with one attached hydrogen (secondary N) is 1. The van der Waals surface area contributed by atoms with Crippen molar-refractivity contribution in [3.63, 3.8) is 0 Å². The number of carbonyl (C=O) groups excluding carboxylic acids is 2. The first-order valence-corrected chi connectivity index (χ1v) is 6.85. The molecule has 0 spiro atoms. The number of hydrogen-bond donors (Lipinski definition) is 1. The number of rotatable bonds is 3. The van der Waals surface area contributed by atoms with Crippen molar-refractivity contribution in [3.05, 3.63) is 42.0 Å². The largest absolute Gasteiger partial charge is 0.345 e. The van der Waals surface area contributed by atoms with Gasteiger partial charge in [0.15, 0.2) is 0 Å². The van der Waals surface area contributed by atoms with Gasteiger partial charge in [-0.05, 0) is 43.5 Å². The number of benzene rings is 1. The van der Waals surface area contributed by atoms with Crippen LogP contribution in [0.15, 0.2) is 36.4 Å². The minimum atomic E-state index is -0.0414. The van der Waals surface area contributed by atoms with E-state index in [0.717, 1.165) is 24.9 Å². The van der Waals surface area contributed by atoms with Crippen molar-refractivity contribution >= 4 is 17.5 Å². The Morgan fingerprint density at radius 1 is 1.15 bits per heavy atom. The van der Waals surface area contributed by atoms with Crippen LogP contribution >= 0.6 is 0 Å². The zero-order valence-corrected chi connectivity index (χ0v) is 11.9. The van der Waals surface area contributed by atoms with Gasteiger partial charge in [0.2, 0.25) is 5.91 Å². The third-order valence-electron chi connectivity index (χ3n) is 3.45. The van der Waals surface area contributed by atoms with Crippen molar-refractivity contribution in [1.82, 2.24) is 4.90 Å². The second-order valence-electron chi connectivity index (χ2n) is 5.25. The molecule has 2 amide bonds. The van der Waals surface area contributed by atoms with Crippen molar-refractivity contribution in [2.45, 2.75) is 19.3 Å². The van der Waals surface area contributed by atoms with E-state index in [1.165, 1.54) is 4.90 Å². The molecule has 0 aliphatic heterocycles. The highest BCUT2D eigenvalue weighted by molar-refractivity contribution is 5.96. The molecule has 1 aliphatic rings. The second-order valence-corrected chi connectivity index (χ2v) is 5.25. The van der Waals surface area contributed by atoms with Gasteiger partial charge in [-0.1, -0.05) is 12.2 Å². The molecule has 1 aromatic carbocycles. The molecule has 0 bridgehead atoms. The normalized spacial score (nSPS) is 17.6. The molecule has 0 aromatic heterocycles. The van der Waals surface area contributed by atoms with Gasteiger partial charge in [0.25, 0.3) is 5.91 Å². The first-order valence-electron chi connectivity index (χ1n) is 6.85. The summed E-state index contributed by atoms with van der Waals surface area (Å²) >= 11 is 0. The Hall–Kier alpha value is -2.10. The van der Waals surface area contributed by atoms with E-state index in [1.807, 2.05) is 0 Å². The molecule has 4 heteroatoms. The van der Waals surface area contributed by atoms with Gasteiger partial charge in [-0.2, -0.15) is 0 Å². The van der Waals surface area contributed by atoms with Gasteiger partial charge in [0, 0.05) is 31.3 Å². The Morgan fingerprint density at radius 3 is 2.40 bits per heavy atom. The van der Waals surface area contributed by atoms with E-state index in [1.54, 1.807) is 38.4 Å². The summed E-state index contributed by atoms with van der Waals surface area (Å²) in [5.74, 6) is 0.0735. The van der Waals surface area contributed by atoms with Gasteiger partial charge in [0.1, 0.15) is 0 Å². The van der Waals surface area contributed by atoms with Crippen LogP contribution < -0.4 is 5.32 Å². The summed E-state index contributed by atoms with van der Waals surface area (Å²) in [7, 11) is 3.43. The molecule has 0 radical (unpaired) electrons. The van der Waals surface area contributed by atoms with Gasteiger partial charge in [-0.15, -0.1) is 0 Å². The van der Waals surface area contributed by atoms with E-state index >= 15 is 0 Å².